The number of carbonyl (C=O) groups is 3. The third-order valence-electron chi connectivity index (χ3n) is 3.61. The van der Waals surface area contributed by atoms with Crippen molar-refractivity contribution in [2.45, 2.75) is 32.4 Å². The second kappa shape index (κ2) is 13.7. The average molecular weight is 450 g/mol. The Balaban J connectivity index is 0. The van der Waals surface area contributed by atoms with E-state index in [0.29, 0.717) is 6.42 Å². The Bertz CT molecular complexity index is 743. The molecule has 1 N–H and O–H groups in total. The summed E-state index contributed by atoms with van der Waals surface area (Å²) in [6, 6.07) is 4.05. The van der Waals surface area contributed by atoms with Gasteiger partial charge in [-0.2, -0.15) is 13.2 Å². The topological polar surface area (TPSA) is 118 Å². The zero-order valence-electron chi connectivity index (χ0n) is 15.6. The second-order valence-corrected chi connectivity index (χ2v) is 5.79. The first kappa shape index (κ1) is 30.6. The molecular weight excluding hydrogens is 435 g/mol. The van der Waals surface area contributed by atoms with Crippen LogP contribution < -0.4 is 113 Å². The fourth-order valence-corrected chi connectivity index (χ4v) is 2.46. The number of aliphatic hydroxyl groups is 1. The first-order valence-electron chi connectivity index (χ1n) is 7.44. The Kier molecular flexibility index (Phi) is 15.0. The van der Waals surface area contributed by atoms with Crippen LogP contribution in [0.1, 0.15) is 42.1 Å². The van der Waals surface area contributed by atoms with Crippen molar-refractivity contribution in [2.24, 2.45) is 5.92 Å². The molecule has 0 fully saturated rings. The van der Waals surface area contributed by atoms with E-state index in [4.69, 9.17) is 15.0 Å². The summed E-state index contributed by atoms with van der Waals surface area (Å²) < 4.78 is 37.9. The minimum atomic E-state index is -4.53. The SMILES string of the molecule is CC1CC(=O)C(CC(=O)c2cccc(C(F)(F)F)c2)=C(O)C1.O=C([O-])[O-].[K+].[K+]. The molecule has 1 atom stereocenters. The molecule has 6 nitrogen and oxygen atoms in total. The molecule has 2 rings (SSSR count). The molecule has 0 spiro atoms. The van der Waals surface area contributed by atoms with E-state index in [2.05, 4.69) is 0 Å². The van der Waals surface area contributed by atoms with E-state index in [0.717, 1.165) is 18.2 Å². The number of halogens is 3. The fourth-order valence-electron chi connectivity index (χ4n) is 2.46. The van der Waals surface area contributed by atoms with Gasteiger partial charge in [0.05, 0.1) is 11.3 Å². The van der Waals surface area contributed by atoms with Gasteiger partial charge < -0.3 is 20.1 Å². The molecule has 0 amide bonds. The Hall–Kier alpha value is 0.433. The van der Waals surface area contributed by atoms with Crippen molar-refractivity contribution in [2.75, 3.05) is 0 Å². The van der Waals surface area contributed by atoms with Crippen LogP contribution in [0.2, 0.25) is 0 Å². The van der Waals surface area contributed by atoms with E-state index in [-0.39, 0.29) is 144 Å². The maximum absolute atomic E-state index is 12.6. The molecule has 0 bridgehead atoms. The summed E-state index contributed by atoms with van der Waals surface area (Å²) >= 11 is 0. The van der Waals surface area contributed by atoms with E-state index in [1.165, 1.54) is 6.07 Å². The number of ketones is 2. The van der Waals surface area contributed by atoms with Gasteiger partial charge in [-0.15, -0.1) is 0 Å². The predicted molar refractivity (Wildman–Crippen MR) is 78.8 cm³/mol. The summed E-state index contributed by atoms with van der Waals surface area (Å²) in [5.74, 6) is -1.07. The summed E-state index contributed by atoms with van der Waals surface area (Å²) in [5, 5.41) is 26.5. The molecule has 1 unspecified atom stereocenters. The van der Waals surface area contributed by atoms with E-state index in [1.807, 2.05) is 0 Å². The molecule has 1 aromatic rings. The van der Waals surface area contributed by atoms with Crippen molar-refractivity contribution >= 4 is 17.7 Å². The number of carboxylic acid groups (broad SMARTS) is 2. The summed E-state index contributed by atoms with van der Waals surface area (Å²) in [5.41, 5.74) is -1.03. The van der Waals surface area contributed by atoms with Gasteiger partial charge in [0.2, 0.25) is 0 Å². The van der Waals surface area contributed by atoms with Crippen molar-refractivity contribution in [3.8, 4) is 0 Å². The van der Waals surface area contributed by atoms with E-state index < -0.39 is 23.7 Å². The number of carbonyl (C=O) groups excluding carboxylic acids is 3. The minimum absolute atomic E-state index is 0. The molecule has 0 aliphatic heterocycles. The Morgan fingerprint density at radius 3 is 2.18 bits per heavy atom. The number of benzene rings is 1. The number of rotatable bonds is 3. The van der Waals surface area contributed by atoms with Crippen LogP contribution in [0.15, 0.2) is 35.6 Å². The smallest absolute Gasteiger partial charge is 0.652 e. The minimum Gasteiger partial charge on any atom is -0.652 e. The quantitative estimate of drug-likeness (QED) is 0.368. The van der Waals surface area contributed by atoms with Gasteiger partial charge in [-0.05, 0) is 24.2 Å². The number of hydrogen-bond donors (Lipinski definition) is 1. The van der Waals surface area contributed by atoms with Gasteiger partial charge in [0, 0.05) is 30.4 Å². The average Bonchev–Trinajstić information content (AvgIpc) is 2.49. The van der Waals surface area contributed by atoms with Gasteiger partial charge in [-0.1, -0.05) is 19.1 Å². The molecule has 1 aliphatic carbocycles. The number of Topliss-reactive ketones (excluding diaryl/α,β-unsaturated/α-hetero) is 2. The second-order valence-electron chi connectivity index (χ2n) is 5.79. The molecule has 0 aromatic heterocycles. The Morgan fingerprint density at radius 2 is 1.71 bits per heavy atom. The summed E-state index contributed by atoms with van der Waals surface area (Å²) in [6.07, 6.45) is -6.71. The largest absolute Gasteiger partial charge is 1.00 e. The van der Waals surface area contributed by atoms with Crippen LogP contribution in [0.5, 0.6) is 0 Å². The van der Waals surface area contributed by atoms with Gasteiger partial charge in [-0.25, -0.2) is 0 Å². The summed E-state index contributed by atoms with van der Waals surface area (Å²) in [7, 11) is 0. The molecule has 142 valence electrons. The van der Waals surface area contributed by atoms with Gasteiger partial charge in [0.1, 0.15) is 0 Å². The van der Waals surface area contributed by atoms with Gasteiger partial charge >= 0.3 is 109 Å². The molecule has 11 heteroatoms. The van der Waals surface area contributed by atoms with E-state index >= 15 is 0 Å². The molecular formula is C17H15F3K2O6. The van der Waals surface area contributed by atoms with Crippen LogP contribution in [0, 0.1) is 5.92 Å². The molecule has 1 aromatic carbocycles. The Labute approximate surface area is 244 Å². The van der Waals surface area contributed by atoms with Crippen LogP contribution in [0.3, 0.4) is 0 Å². The first-order valence-corrected chi connectivity index (χ1v) is 7.44. The Morgan fingerprint density at radius 1 is 1.18 bits per heavy atom. The number of hydrogen-bond acceptors (Lipinski definition) is 6. The maximum atomic E-state index is 12.6. The predicted octanol–water partition coefficient (Wildman–Crippen LogP) is -4.35. The number of alkyl halides is 3. The van der Waals surface area contributed by atoms with Crippen LogP contribution in [-0.2, 0) is 11.0 Å². The normalized spacial score (nSPS) is 16.1. The van der Waals surface area contributed by atoms with Gasteiger partial charge in [0.25, 0.3) is 0 Å². The fraction of sp³-hybridized carbons (Fsp3) is 0.353. The van der Waals surface area contributed by atoms with Crippen molar-refractivity contribution in [3.05, 3.63) is 46.7 Å². The third-order valence-corrected chi connectivity index (χ3v) is 3.61. The molecule has 0 radical (unpaired) electrons. The zero-order valence-corrected chi connectivity index (χ0v) is 21.9. The molecule has 0 saturated carbocycles. The van der Waals surface area contributed by atoms with Gasteiger partial charge in [-0.3, -0.25) is 9.59 Å². The van der Waals surface area contributed by atoms with E-state index in [9.17, 15) is 27.9 Å². The van der Waals surface area contributed by atoms with Crippen LogP contribution in [0.25, 0.3) is 0 Å². The first-order chi connectivity index (χ1) is 11.9. The summed E-state index contributed by atoms with van der Waals surface area (Å²) in [4.78, 5) is 32.3. The van der Waals surface area contributed by atoms with Crippen LogP contribution in [-0.4, -0.2) is 22.8 Å². The monoisotopic (exact) mass is 450 g/mol. The van der Waals surface area contributed by atoms with Gasteiger partial charge in [0.15, 0.2) is 11.6 Å². The summed E-state index contributed by atoms with van der Waals surface area (Å²) in [6.45, 7) is 1.81. The van der Waals surface area contributed by atoms with E-state index in [1.54, 1.807) is 6.92 Å². The molecule has 0 saturated heterocycles. The molecule has 28 heavy (non-hydrogen) atoms. The van der Waals surface area contributed by atoms with Crippen molar-refractivity contribution in [1.29, 1.82) is 0 Å². The maximum Gasteiger partial charge on any atom is 1.00 e. The third kappa shape index (κ3) is 10.5. The number of aliphatic hydroxyl groups excluding tert-OH is 1. The molecule has 1 aliphatic rings. The van der Waals surface area contributed by atoms with Crippen molar-refractivity contribution in [3.63, 3.8) is 0 Å². The standard InChI is InChI=1S/C16H15F3O3.CH2O3.2K/c1-9-5-14(21)12(15(22)6-9)8-13(20)10-3-2-4-11(7-10)16(17,18)19;2-1(3)4;;/h2-4,7,9,21H,5-6,8H2,1H3;(H2,2,3,4);;/q;;2*+1/p-2. The van der Waals surface area contributed by atoms with Crippen molar-refractivity contribution < 1.29 is 146 Å². The van der Waals surface area contributed by atoms with Crippen LogP contribution in [0.4, 0.5) is 18.0 Å². The number of allylic oxidation sites excluding steroid dienone is 2. The van der Waals surface area contributed by atoms with Crippen molar-refractivity contribution in [1.82, 2.24) is 0 Å². The zero-order chi connectivity index (χ0) is 20.1. The molecule has 0 heterocycles. The van der Waals surface area contributed by atoms with Crippen LogP contribution >= 0.6 is 0 Å².